The highest BCUT2D eigenvalue weighted by Gasteiger charge is 2.62. The van der Waals surface area contributed by atoms with Gasteiger partial charge in [-0.3, -0.25) is 28.8 Å². The Morgan fingerprint density at radius 2 is 1.66 bits per heavy atom. The molecule has 0 bridgehead atoms. The number of carbonyl (C=O) groups excluding carboxylic acids is 3. The molecule has 162 valence electrons. The Labute approximate surface area is 188 Å². The van der Waals surface area contributed by atoms with Crippen molar-refractivity contribution in [2.75, 3.05) is 15.6 Å². The minimum atomic E-state index is -1.50. The van der Waals surface area contributed by atoms with Crippen molar-refractivity contribution in [3.63, 3.8) is 0 Å². The third-order valence-electron chi connectivity index (χ3n) is 6.03. The number of nitrogens with zero attached hydrogens (tertiary/aromatic N) is 4. The highest BCUT2D eigenvalue weighted by Crippen LogP contribution is 2.55. The van der Waals surface area contributed by atoms with Crippen LogP contribution in [0.1, 0.15) is 18.2 Å². The van der Waals surface area contributed by atoms with Gasteiger partial charge >= 0.3 is 0 Å². The van der Waals surface area contributed by atoms with E-state index in [1.807, 2.05) is 18.2 Å². The van der Waals surface area contributed by atoms with Gasteiger partial charge in [0, 0.05) is 19.5 Å². The minimum absolute atomic E-state index is 0.0188. The number of fused-ring (bicyclic) bond motifs is 2. The van der Waals surface area contributed by atoms with Gasteiger partial charge in [0.2, 0.25) is 16.7 Å². The molecule has 1 spiro atoms. The first kappa shape index (κ1) is 20.3. The van der Waals surface area contributed by atoms with Gasteiger partial charge < -0.3 is 0 Å². The zero-order valence-corrected chi connectivity index (χ0v) is 18.5. The number of carbonyl (C=O) groups is 3. The molecule has 1 atom stereocenters. The Hall–Kier alpha value is -3.59. The SMILES string of the molecule is CC(=O)N1C(=O)C2(SCC(=O)N2c2c(C)n(C)n(-c3ccccc3)c2=O)c2ccccc21. The maximum absolute atomic E-state index is 13.7. The van der Waals surface area contributed by atoms with Crippen LogP contribution in [0.15, 0.2) is 59.4 Å². The van der Waals surface area contributed by atoms with Crippen molar-refractivity contribution in [1.29, 1.82) is 0 Å². The number of benzene rings is 2. The van der Waals surface area contributed by atoms with Crippen molar-refractivity contribution in [2.24, 2.45) is 7.05 Å². The van der Waals surface area contributed by atoms with E-state index >= 15 is 0 Å². The average molecular weight is 449 g/mol. The molecule has 3 aromatic rings. The first-order valence-electron chi connectivity index (χ1n) is 10.1. The van der Waals surface area contributed by atoms with Crippen molar-refractivity contribution >= 4 is 40.9 Å². The van der Waals surface area contributed by atoms with Crippen LogP contribution in [-0.2, 0) is 26.3 Å². The second-order valence-electron chi connectivity index (χ2n) is 7.75. The van der Waals surface area contributed by atoms with E-state index in [1.54, 1.807) is 55.1 Å². The van der Waals surface area contributed by atoms with E-state index in [0.717, 1.165) is 16.7 Å². The number of rotatable bonds is 2. The fourth-order valence-corrected chi connectivity index (χ4v) is 5.89. The number of imide groups is 1. The molecule has 2 aromatic carbocycles. The van der Waals surface area contributed by atoms with Crippen LogP contribution in [0.5, 0.6) is 0 Å². The molecule has 3 amide bonds. The number of para-hydroxylation sites is 2. The van der Waals surface area contributed by atoms with E-state index in [1.165, 1.54) is 16.5 Å². The molecule has 1 fully saturated rings. The van der Waals surface area contributed by atoms with Crippen LogP contribution in [-0.4, -0.2) is 32.8 Å². The third kappa shape index (κ3) is 2.45. The summed E-state index contributed by atoms with van der Waals surface area (Å²) in [6.45, 7) is 3.06. The molecule has 1 aromatic heterocycles. The molecular formula is C23H20N4O4S. The average Bonchev–Trinajstić information content (AvgIpc) is 3.32. The second-order valence-corrected chi connectivity index (χ2v) is 8.92. The molecule has 2 aliphatic rings. The Morgan fingerprint density at radius 3 is 2.34 bits per heavy atom. The van der Waals surface area contributed by atoms with Gasteiger partial charge in [-0.25, -0.2) is 9.58 Å². The highest BCUT2D eigenvalue weighted by molar-refractivity contribution is 8.02. The van der Waals surface area contributed by atoms with Crippen molar-refractivity contribution in [3.05, 3.63) is 76.2 Å². The van der Waals surface area contributed by atoms with Crippen LogP contribution < -0.4 is 15.4 Å². The zero-order valence-electron chi connectivity index (χ0n) is 17.7. The summed E-state index contributed by atoms with van der Waals surface area (Å²) in [6.07, 6.45) is 0. The van der Waals surface area contributed by atoms with Crippen LogP contribution in [0.2, 0.25) is 0 Å². The number of hydrogen-bond acceptors (Lipinski definition) is 5. The summed E-state index contributed by atoms with van der Waals surface area (Å²) >= 11 is 1.14. The van der Waals surface area contributed by atoms with Gasteiger partial charge in [0.1, 0.15) is 5.69 Å². The molecule has 32 heavy (non-hydrogen) atoms. The summed E-state index contributed by atoms with van der Waals surface area (Å²) in [7, 11) is 1.74. The number of aromatic nitrogens is 2. The Kier molecular flexibility index (Phi) is 4.42. The zero-order chi connectivity index (χ0) is 22.8. The number of anilines is 2. The molecule has 0 N–H and O–H groups in total. The van der Waals surface area contributed by atoms with E-state index < -0.39 is 22.2 Å². The summed E-state index contributed by atoms with van der Waals surface area (Å²) in [5.74, 6) is -1.30. The topological polar surface area (TPSA) is 84.6 Å². The Balaban J connectivity index is 1.79. The van der Waals surface area contributed by atoms with Crippen LogP contribution in [0.4, 0.5) is 11.4 Å². The van der Waals surface area contributed by atoms with Crippen LogP contribution in [0.25, 0.3) is 5.69 Å². The second kappa shape index (κ2) is 6.96. The van der Waals surface area contributed by atoms with Crippen molar-refractivity contribution < 1.29 is 14.4 Å². The molecule has 1 unspecified atom stereocenters. The van der Waals surface area contributed by atoms with Crippen LogP contribution in [0, 0.1) is 6.92 Å². The van der Waals surface area contributed by atoms with Crippen molar-refractivity contribution in [1.82, 2.24) is 9.36 Å². The molecule has 0 radical (unpaired) electrons. The number of hydrogen-bond donors (Lipinski definition) is 0. The molecular weight excluding hydrogens is 428 g/mol. The van der Waals surface area contributed by atoms with Gasteiger partial charge in [0.15, 0.2) is 0 Å². The summed E-state index contributed by atoms with van der Waals surface area (Å²) in [5, 5.41) is 0. The molecule has 0 saturated carbocycles. The number of amides is 3. The normalized spacial score (nSPS) is 19.8. The molecule has 5 rings (SSSR count). The predicted octanol–water partition coefficient (Wildman–Crippen LogP) is 2.31. The lowest BCUT2D eigenvalue weighted by Crippen LogP contribution is -2.52. The minimum Gasteiger partial charge on any atom is -0.283 e. The van der Waals surface area contributed by atoms with Gasteiger partial charge in [-0.15, -0.1) is 11.8 Å². The van der Waals surface area contributed by atoms with E-state index in [9.17, 15) is 19.2 Å². The van der Waals surface area contributed by atoms with Gasteiger partial charge in [-0.1, -0.05) is 36.4 Å². The third-order valence-corrected chi connectivity index (χ3v) is 7.42. The Morgan fingerprint density at radius 1 is 1.00 bits per heavy atom. The standard InChI is InChI=1S/C23H20N4O4S/c1-14-20(21(30)27(24(14)3)16-9-5-4-6-10-16)26-19(29)13-32-23(26)17-11-7-8-12-18(17)25(15(2)28)22(23)31/h4-12H,13H2,1-3H3. The molecule has 9 heteroatoms. The monoisotopic (exact) mass is 448 g/mol. The maximum Gasteiger partial charge on any atom is 0.295 e. The lowest BCUT2D eigenvalue weighted by Gasteiger charge is -2.32. The van der Waals surface area contributed by atoms with Crippen molar-refractivity contribution in [3.8, 4) is 5.69 Å². The Bertz CT molecular complexity index is 1360. The van der Waals surface area contributed by atoms with Gasteiger partial charge in [0.05, 0.1) is 22.8 Å². The predicted molar refractivity (Wildman–Crippen MR) is 122 cm³/mol. The van der Waals surface area contributed by atoms with E-state index in [2.05, 4.69) is 0 Å². The van der Waals surface area contributed by atoms with E-state index in [4.69, 9.17) is 0 Å². The highest BCUT2D eigenvalue weighted by atomic mass is 32.2. The quantitative estimate of drug-likeness (QED) is 0.601. The summed E-state index contributed by atoms with van der Waals surface area (Å²) in [4.78, 5) is 53.9. The van der Waals surface area contributed by atoms with Crippen molar-refractivity contribution in [2.45, 2.75) is 18.7 Å². The maximum atomic E-state index is 13.7. The molecule has 1 saturated heterocycles. The molecule has 3 heterocycles. The largest absolute Gasteiger partial charge is 0.295 e. The van der Waals surface area contributed by atoms with E-state index in [-0.39, 0.29) is 17.3 Å². The lowest BCUT2D eigenvalue weighted by atomic mass is 10.0. The van der Waals surface area contributed by atoms with E-state index in [0.29, 0.717) is 22.6 Å². The first-order valence-corrected chi connectivity index (χ1v) is 11.0. The summed E-state index contributed by atoms with van der Waals surface area (Å²) < 4.78 is 3.15. The fraction of sp³-hybridized carbons (Fsp3) is 0.217. The number of thioether (sulfide) groups is 1. The molecule has 0 aliphatic carbocycles. The van der Waals surface area contributed by atoms with Gasteiger partial charge in [-0.2, -0.15) is 0 Å². The fourth-order valence-electron chi connectivity index (χ4n) is 4.56. The first-order chi connectivity index (χ1) is 15.3. The molecule has 2 aliphatic heterocycles. The molecule has 8 nitrogen and oxygen atoms in total. The van der Waals surface area contributed by atoms with Gasteiger partial charge in [0.25, 0.3) is 11.5 Å². The lowest BCUT2D eigenvalue weighted by molar-refractivity contribution is -0.128. The smallest absolute Gasteiger partial charge is 0.283 e. The van der Waals surface area contributed by atoms with Crippen LogP contribution in [0.3, 0.4) is 0 Å². The summed E-state index contributed by atoms with van der Waals surface area (Å²) in [5.41, 5.74) is 1.89. The van der Waals surface area contributed by atoms with Gasteiger partial charge in [-0.05, 0) is 25.1 Å². The van der Waals surface area contributed by atoms with Crippen LogP contribution >= 0.6 is 11.8 Å². The summed E-state index contributed by atoms with van der Waals surface area (Å²) in [6, 6.07) is 16.0.